The quantitative estimate of drug-likeness (QED) is 0.0429. The highest BCUT2D eigenvalue weighted by atomic mass is 19.1. The monoisotopic (exact) mass is 1230 g/mol. The second kappa shape index (κ2) is 27.0. The first-order valence-electron chi connectivity index (χ1n) is 29.8. The zero-order chi connectivity index (χ0) is 64.9. The number of nitrogens with one attached hydrogen (secondary N) is 8. The first-order valence-corrected chi connectivity index (χ1v) is 29.8. The molecule has 0 unspecified atom stereocenters. The summed E-state index contributed by atoms with van der Waals surface area (Å²) < 4.78 is 30.4. The van der Waals surface area contributed by atoms with E-state index < -0.39 is 94.2 Å². The molecular formula is C64H76F2N16O8. The number of H-pyrrole nitrogens is 2. The van der Waals surface area contributed by atoms with E-state index in [0.29, 0.717) is 67.5 Å². The Morgan fingerprint density at radius 2 is 0.911 bits per heavy atom. The number of likely N-dealkylation sites (N-methyl/N-ethyl adjacent to an activating group) is 2. The molecule has 6 heterocycles. The fraction of sp³-hybridized carbons (Fsp3) is 0.406. The van der Waals surface area contributed by atoms with E-state index in [4.69, 9.17) is 0 Å². The minimum absolute atomic E-state index is 0.159. The van der Waals surface area contributed by atoms with Crippen LogP contribution in [-0.4, -0.2) is 140 Å². The minimum Gasteiger partial charge on any atom is -0.352 e. The molecule has 6 atom stereocenters. The molecule has 9 rings (SSSR count). The van der Waals surface area contributed by atoms with Gasteiger partial charge in [-0.2, -0.15) is 0 Å². The number of benzene rings is 3. The highest BCUT2D eigenvalue weighted by Crippen LogP contribution is 2.41. The van der Waals surface area contributed by atoms with Crippen molar-refractivity contribution in [2.75, 3.05) is 50.1 Å². The average molecular weight is 1240 g/mol. The smallest absolute Gasteiger partial charge is 0.251 e. The molecule has 6 amide bonds. The van der Waals surface area contributed by atoms with E-state index in [1.165, 1.54) is 57.9 Å². The summed E-state index contributed by atoms with van der Waals surface area (Å²) in [4.78, 5) is 119. The van der Waals surface area contributed by atoms with Crippen molar-refractivity contribution < 1.29 is 37.5 Å². The van der Waals surface area contributed by atoms with Crippen LogP contribution < -0.4 is 52.8 Å². The van der Waals surface area contributed by atoms with Gasteiger partial charge in [0.1, 0.15) is 23.7 Å². The zero-order valence-corrected chi connectivity index (χ0v) is 52.0. The van der Waals surface area contributed by atoms with Gasteiger partial charge < -0.3 is 51.7 Å². The normalized spacial score (nSPS) is 15.8. The predicted molar refractivity (Wildman–Crippen MR) is 332 cm³/mol. The van der Waals surface area contributed by atoms with Crippen molar-refractivity contribution in [2.24, 2.45) is 0 Å². The van der Waals surface area contributed by atoms with Gasteiger partial charge in [0.25, 0.3) is 34.7 Å². The third kappa shape index (κ3) is 14.4. The summed E-state index contributed by atoms with van der Waals surface area (Å²) in [6.45, 7) is 15.2. The summed E-state index contributed by atoms with van der Waals surface area (Å²) in [5.41, 5.74) is 3.93. The van der Waals surface area contributed by atoms with Crippen LogP contribution in [-0.2, 0) is 55.7 Å². The largest absolute Gasteiger partial charge is 0.352 e. The van der Waals surface area contributed by atoms with Crippen LogP contribution in [0.2, 0.25) is 0 Å². The standard InChI is InChI=1S/C64H76F2N16O8/c1-35(67-9)55(83)71-51(61(89)79-33-63(5,6)53-49(79)29-43(59(87)73-53)27-39-11-19-45(65)20-12-39)37(3)81-31-47(75-77-81)23-25-69-57(85)41-15-17-42(18-16-41)58(86)70-26-24-48-32-82(78-76-48)38(4)52(72-56(84)36(2)68-10)62(90)80-34-64(7,8)54-50(80)30-44(60(88)74-54)28-40-13-21-46(66)22-14-40/h11-22,29-32,35-38,51-52,67-68H,23-28,33-34H2,1-10H3,(H,69,85)(H,70,86)(H,71,83)(H,72,84)(H,73,87)(H,74,88)/t35-,36+,37-,38+,51-,52+. The number of anilines is 2. The Morgan fingerprint density at radius 1 is 0.556 bits per heavy atom. The van der Waals surface area contributed by atoms with Gasteiger partial charge in [-0.15, -0.1) is 10.2 Å². The topological polar surface area (TPSA) is 308 Å². The molecule has 0 fully saturated rings. The number of amides is 6. The summed E-state index contributed by atoms with van der Waals surface area (Å²) in [6.07, 6.45) is 4.20. The van der Waals surface area contributed by atoms with E-state index in [1.54, 1.807) is 100 Å². The molecular weight excluding hydrogens is 1160 g/mol. The first kappa shape index (κ1) is 64.9. The number of nitrogens with zero attached hydrogens (tertiary/aromatic N) is 8. The third-order valence-corrected chi connectivity index (χ3v) is 16.8. The Hall–Kier alpha value is -9.56. The van der Waals surface area contributed by atoms with Crippen LogP contribution in [0.3, 0.4) is 0 Å². The Kier molecular flexibility index (Phi) is 19.5. The second-order valence-electron chi connectivity index (χ2n) is 24.4. The van der Waals surface area contributed by atoms with Gasteiger partial charge >= 0.3 is 0 Å². The number of fused-ring (bicyclic) bond motifs is 2. The van der Waals surface area contributed by atoms with Crippen molar-refractivity contribution in [3.8, 4) is 0 Å². The summed E-state index contributed by atoms with van der Waals surface area (Å²) >= 11 is 0. The SMILES string of the molecule is CN[C@@H](C)C(=O)N[C@H](C(=O)N1CC(C)(C)c2[nH]c(=O)c(Cc3ccc(F)cc3)cc21)[C@H](C)n1cc(CCNC(=O)c2ccc(C(=O)NCCc3cn([C@H](C)[C@@H](NC(=O)[C@@H](C)NC)C(=O)N4CC(C)(C)c5[nH]c(=O)c(Cc6ccc(F)cc6)cc54)nn3)cc2)nn1. The molecule has 90 heavy (non-hydrogen) atoms. The van der Waals surface area contributed by atoms with Crippen LogP contribution in [0.25, 0.3) is 0 Å². The summed E-state index contributed by atoms with van der Waals surface area (Å²) in [7, 11) is 3.26. The molecule has 2 aliphatic heterocycles. The first-order chi connectivity index (χ1) is 42.7. The number of carbonyl (C=O) groups is 6. The summed E-state index contributed by atoms with van der Waals surface area (Å²) in [6, 6.07) is 16.0. The van der Waals surface area contributed by atoms with Crippen molar-refractivity contribution in [3.05, 3.63) is 186 Å². The van der Waals surface area contributed by atoms with Crippen molar-refractivity contribution in [1.82, 2.24) is 71.9 Å². The summed E-state index contributed by atoms with van der Waals surface area (Å²) in [5.74, 6) is -3.35. The number of rotatable bonds is 24. The molecule has 2 aliphatic rings. The molecule has 0 bridgehead atoms. The maximum Gasteiger partial charge on any atom is 0.251 e. The lowest BCUT2D eigenvalue weighted by molar-refractivity contribution is -0.129. The lowest BCUT2D eigenvalue weighted by atomic mass is 9.91. The summed E-state index contributed by atoms with van der Waals surface area (Å²) in [5, 5.41) is 34.6. The molecule has 3 aromatic carbocycles. The number of halogens is 2. The third-order valence-electron chi connectivity index (χ3n) is 16.8. The Labute approximate surface area is 518 Å². The van der Waals surface area contributed by atoms with Gasteiger partial charge in [0.15, 0.2) is 0 Å². The van der Waals surface area contributed by atoms with Crippen LogP contribution >= 0.6 is 0 Å². The molecule has 7 aromatic rings. The molecule has 24 nitrogen and oxygen atoms in total. The van der Waals surface area contributed by atoms with Gasteiger partial charge in [-0.3, -0.25) is 38.4 Å². The number of hydrogen-bond acceptors (Lipinski definition) is 14. The van der Waals surface area contributed by atoms with Gasteiger partial charge in [-0.25, -0.2) is 18.1 Å². The highest BCUT2D eigenvalue weighted by Gasteiger charge is 2.45. The van der Waals surface area contributed by atoms with Crippen LogP contribution in [0.4, 0.5) is 20.2 Å². The Morgan fingerprint density at radius 3 is 1.26 bits per heavy atom. The van der Waals surface area contributed by atoms with Crippen molar-refractivity contribution in [1.29, 1.82) is 0 Å². The Balaban J connectivity index is 0.789. The molecule has 0 saturated heterocycles. The van der Waals surface area contributed by atoms with Gasteiger partial charge in [0, 0.05) is 109 Å². The molecule has 474 valence electrons. The zero-order valence-electron chi connectivity index (χ0n) is 52.0. The molecule has 0 radical (unpaired) electrons. The number of pyridine rings is 2. The minimum atomic E-state index is -1.14. The number of carbonyl (C=O) groups excluding carboxylic acids is 6. The van der Waals surface area contributed by atoms with Gasteiger partial charge in [0.05, 0.1) is 46.9 Å². The lowest BCUT2D eigenvalue weighted by Crippen LogP contribution is -2.55. The van der Waals surface area contributed by atoms with E-state index in [1.807, 2.05) is 27.7 Å². The average Bonchev–Trinajstić information content (AvgIpc) is 1.60. The number of aromatic amines is 2. The Bertz CT molecular complexity index is 3680. The molecule has 0 saturated carbocycles. The van der Waals surface area contributed by atoms with Crippen LogP contribution in [0.15, 0.2) is 107 Å². The van der Waals surface area contributed by atoms with Gasteiger partial charge in [-0.1, -0.05) is 62.4 Å². The lowest BCUT2D eigenvalue weighted by Gasteiger charge is -2.30. The van der Waals surface area contributed by atoms with E-state index in [0.717, 1.165) is 0 Å². The molecule has 0 spiro atoms. The van der Waals surface area contributed by atoms with E-state index in [9.17, 15) is 47.1 Å². The molecule has 4 aromatic heterocycles. The molecule has 26 heteroatoms. The number of hydrogen-bond donors (Lipinski definition) is 8. The maximum atomic E-state index is 14.8. The van der Waals surface area contributed by atoms with E-state index in [-0.39, 0.29) is 63.0 Å². The fourth-order valence-electron chi connectivity index (χ4n) is 11.1. The number of aromatic nitrogens is 8. The predicted octanol–water partition coefficient (Wildman–Crippen LogP) is 3.61. The molecule has 0 aliphatic carbocycles. The maximum absolute atomic E-state index is 14.8. The van der Waals surface area contributed by atoms with E-state index in [2.05, 4.69) is 62.5 Å². The van der Waals surface area contributed by atoms with Crippen LogP contribution in [0, 0.1) is 11.6 Å². The van der Waals surface area contributed by atoms with E-state index >= 15 is 0 Å². The highest BCUT2D eigenvalue weighted by molar-refractivity contribution is 6.03. The van der Waals surface area contributed by atoms with Gasteiger partial charge in [0.2, 0.25) is 11.8 Å². The second-order valence-corrected chi connectivity index (χ2v) is 24.4. The molecule has 8 N–H and O–H groups in total. The fourth-order valence-corrected chi connectivity index (χ4v) is 11.1. The van der Waals surface area contributed by atoms with Crippen LogP contribution in [0.1, 0.15) is 133 Å². The van der Waals surface area contributed by atoms with Crippen molar-refractivity contribution in [3.63, 3.8) is 0 Å². The van der Waals surface area contributed by atoms with Crippen molar-refractivity contribution in [2.45, 2.75) is 128 Å². The van der Waals surface area contributed by atoms with Gasteiger partial charge in [-0.05, 0) is 114 Å². The van der Waals surface area contributed by atoms with Crippen molar-refractivity contribution >= 4 is 46.8 Å². The van der Waals surface area contributed by atoms with Crippen LogP contribution in [0.5, 0.6) is 0 Å².